The summed E-state index contributed by atoms with van der Waals surface area (Å²) in [5, 5.41) is 3.39. The van der Waals surface area contributed by atoms with Gasteiger partial charge in [0, 0.05) is 19.8 Å². The van der Waals surface area contributed by atoms with Crippen LogP contribution in [0.2, 0.25) is 0 Å². The minimum Gasteiger partial charge on any atom is -0.473 e. The first-order valence-corrected chi connectivity index (χ1v) is 7.23. The van der Waals surface area contributed by atoms with Crippen molar-refractivity contribution in [2.75, 3.05) is 30.8 Å². The maximum absolute atomic E-state index is 5.87. The predicted molar refractivity (Wildman–Crippen MR) is 81.1 cm³/mol. The summed E-state index contributed by atoms with van der Waals surface area (Å²) in [6, 6.07) is 3.73. The molecule has 0 aromatic carbocycles. The number of nitrogens with two attached hydrogens (primary N) is 1. The van der Waals surface area contributed by atoms with Crippen molar-refractivity contribution >= 4 is 11.5 Å². The van der Waals surface area contributed by atoms with Crippen LogP contribution in [0.25, 0.3) is 0 Å². The number of rotatable bonds is 5. The third kappa shape index (κ3) is 4.00. The molecular weight excluding hydrogens is 254 g/mol. The fourth-order valence-electron chi connectivity index (χ4n) is 2.21. The number of nitrogen functional groups attached to an aromatic ring is 1. The maximum Gasteiger partial charge on any atom is 0.239 e. The Hall–Kier alpha value is -1.49. The van der Waals surface area contributed by atoms with E-state index in [1.807, 2.05) is 26.0 Å². The van der Waals surface area contributed by atoms with E-state index in [0.29, 0.717) is 11.6 Å². The van der Waals surface area contributed by atoms with Crippen molar-refractivity contribution in [1.29, 1.82) is 0 Å². The topological polar surface area (TPSA) is 69.4 Å². The molecule has 1 aliphatic heterocycles. The summed E-state index contributed by atoms with van der Waals surface area (Å²) >= 11 is 0. The summed E-state index contributed by atoms with van der Waals surface area (Å²) in [6.45, 7) is 8.78. The lowest BCUT2D eigenvalue weighted by Gasteiger charge is -2.33. The lowest BCUT2D eigenvalue weighted by atomic mass is 9.82. The maximum atomic E-state index is 5.87. The fourth-order valence-corrected chi connectivity index (χ4v) is 2.21. The van der Waals surface area contributed by atoms with Crippen LogP contribution in [0.15, 0.2) is 12.1 Å². The zero-order valence-electron chi connectivity index (χ0n) is 12.6. The molecule has 0 amide bonds. The van der Waals surface area contributed by atoms with Crippen molar-refractivity contribution in [2.24, 2.45) is 5.41 Å². The molecule has 0 radical (unpaired) electrons. The second-order valence-electron chi connectivity index (χ2n) is 6.03. The number of ether oxygens (including phenoxy) is 2. The zero-order chi connectivity index (χ0) is 14.6. The Bertz CT molecular complexity index is 443. The normalized spacial score (nSPS) is 18.0. The van der Waals surface area contributed by atoms with Gasteiger partial charge in [-0.1, -0.05) is 6.92 Å². The van der Waals surface area contributed by atoms with E-state index in [9.17, 15) is 0 Å². The average molecular weight is 279 g/mol. The van der Waals surface area contributed by atoms with Gasteiger partial charge < -0.3 is 20.5 Å². The van der Waals surface area contributed by atoms with E-state index >= 15 is 0 Å². The molecule has 20 heavy (non-hydrogen) atoms. The highest BCUT2D eigenvalue weighted by Gasteiger charge is 2.27. The number of nitrogens with zero attached hydrogens (tertiary/aromatic N) is 1. The van der Waals surface area contributed by atoms with E-state index in [1.54, 1.807) is 0 Å². The van der Waals surface area contributed by atoms with Crippen molar-refractivity contribution < 1.29 is 9.47 Å². The van der Waals surface area contributed by atoms with Gasteiger partial charge in [0.15, 0.2) is 0 Å². The molecule has 0 aliphatic carbocycles. The molecule has 1 fully saturated rings. The van der Waals surface area contributed by atoms with Gasteiger partial charge in [0.25, 0.3) is 0 Å². The van der Waals surface area contributed by atoms with Crippen LogP contribution in [-0.2, 0) is 4.74 Å². The smallest absolute Gasteiger partial charge is 0.239 e. The molecule has 1 aromatic heterocycles. The van der Waals surface area contributed by atoms with Gasteiger partial charge in [-0.25, -0.2) is 0 Å². The Morgan fingerprint density at radius 3 is 2.75 bits per heavy atom. The molecule has 3 N–H and O–H groups in total. The van der Waals surface area contributed by atoms with E-state index in [0.717, 1.165) is 38.4 Å². The minimum atomic E-state index is 0.0630. The van der Waals surface area contributed by atoms with Crippen LogP contribution in [0.5, 0.6) is 5.88 Å². The number of hydrogen-bond donors (Lipinski definition) is 2. The molecule has 0 saturated carbocycles. The Kier molecular flexibility index (Phi) is 4.70. The van der Waals surface area contributed by atoms with E-state index in [1.165, 1.54) is 0 Å². The van der Waals surface area contributed by atoms with Gasteiger partial charge in [-0.05, 0) is 44.2 Å². The van der Waals surface area contributed by atoms with Crippen molar-refractivity contribution in [3.05, 3.63) is 12.1 Å². The first kappa shape index (κ1) is 14.9. The average Bonchev–Trinajstić information content (AvgIpc) is 2.40. The molecule has 1 aromatic rings. The number of anilines is 2. The lowest BCUT2D eigenvalue weighted by molar-refractivity contribution is 0.0299. The third-order valence-electron chi connectivity index (χ3n) is 3.63. The van der Waals surface area contributed by atoms with E-state index < -0.39 is 0 Å². The Balaban J connectivity index is 1.98. The first-order valence-electron chi connectivity index (χ1n) is 7.23. The van der Waals surface area contributed by atoms with Gasteiger partial charge in [0.05, 0.1) is 11.8 Å². The molecule has 0 spiro atoms. The second-order valence-corrected chi connectivity index (χ2v) is 6.03. The molecule has 1 aliphatic rings. The Morgan fingerprint density at radius 2 is 2.10 bits per heavy atom. The molecule has 0 unspecified atom stereocenters. The zero-order valence-corrected chi connectivity index (χ0v) is 12.6. The molecule has 2 heterocycles. The van der Waals surface area contributed by atoms with Crippen LogP contribution in [0.1, 0.15) is 33.6 Å². The summed E-state index contributed by atoms with van der Waals surface area (Å²) < 4.78 is 11.0. The predicted octanol–water partition coefficient (Wildman–Crippen LogP) is 2.68. The fraction of sp³-hybridized carbons (Fsp3) is 0.667. The molecule has 5 nitrogen and oxygen atoms in total. The van der Waals surface area contributed by atoms with Gasteiger partial charge in [-0.3, -0.25) is 0 Å². The Labute approximate surface area is 120 Å². The van der Waals surface area contributed by atoms with Crippen LogP contribution in [0.4, 0.5) is 11.5 Å². The molecule has 2 rings (SSSR count). The summed E-state index contributed by atoms with van der Waals surface area (Å²) in [5.41, 5.74) is 6.71. The van der Waals surface area contributed by atoms with Crippen molar-refractivity contribution in [3.63, 3.8) is 0 Å². The summed E-state index contributed by atoms with van der Waals surface area (Å²) in [5.74, 6) is 1.31. The lowest BCUT2D eigenvalue weighted by Crippen LogP contribution is -2.33. The summed E-state index contributed by atoms with van der Waals surface area (Å²) in [4.78, 5) is 4.44. The number of hydrogen-bond acceptors (Lipinski definition) is 5. The summed E-state index contributed by atoms with van der Waals surface area (Å²) in [7, 11) is 0. The SMILES string of the molecule is CC(C)Oc1nc(NCC2(C)CCOCC2)ccc1N. The van der Waals surface area contributed by atoms with Gasteiger partial charge in [0.2, 0.25) is 5.88 Å². The molecule has 0 bridgehead atoms. The third-order valence-corrected chi connectivity index (χ3v) is 3.63. The van der Waals surface area contributed by atoms with E-state index in [-0.39, 0.29) is 11.5 Å². The van der Waals surface area contributed by atoms with Crippen LogP contribution in [0, 0.1) is 5.41 Å². The summed E-state index contributed by atoms with van der Waals surface area (Å²) in [6.07, 6.45) is 2.21. The standard InChI is InChI=1S/C15H25N3O2/c1-11(2)20-14-12(16)4-5-13(18-14)17-10-15(3)6-8-19-9-7-15/h4-5,11H,6-10,16H2,1-3H3,(H,17,18). The van der Waals surface area contributed by atoms with Crippen molar-refractivity contribution in [3.8, 4) is 5.88 Å². The number of aromatic nitrogens is 1. The van der Waals surface area contributed by atoms with Gasteiger partial charge in [-0.15, -0.1) is 0 Å². The highest BCUT2D eigenvalue weighted by atomic mass is 16.5. The van der Waals surface area contributed by atoms with Gasteiger partial charge in [-0.2, -0.15) is 4.98 Å². The van der Waals surface area contributed by atoms with Crippen molar-refractivity contribution in [1.82, 2.24) is 4.98 Å². The number of nitrogens with one attached hydrogen (secondary N) is 1. The highest BCUT2D eigenvalue weighted by molar-refractivity contribution is 5.53. The first-order chi connectivity index (χ1) is 9.48. The Morgan fingerprint density at radius 1 is 1.40 bits per heavy atom. The van der Waals surface area contributed by atoms with E-state index in [4.69, 9.17) is 15.2 Å². The molecule has 1 saturated heterocycles. The van der Waals surface area contributed by atoms with E-state index in [2.05, 4.69) is 17.2 Å². The van der Waals surface area contributed by atoms with Crippen LogP contribution >= 0.6 is 0 Å². The molecule has 112 valence electrons. The number of pyridine rings is 1. The van der Waals surface area contributed by atoms with Crippen LogP contribution in [0.3, 0.4) is 0 Å². The monoisotopic (exact) mass is 279 g/mol. The molecule has 0 atom stereocenters. The van der Waals surface area contributed by atoms with Crippen LogP contribution < -0.4 is 15.8 Å². The van der Waals surface area contributed by atoms with Crippen molar-refractivity contribution in [2.45, 2.75) is 39.7 Å². The van der Waals surface area contributed by atoms with Gasteiger partial charge in [0.1, 0.15) is 5.82 Å². The second kappa shape index (κ2) is 6.31. The highest BCUT2D eigenvalue weighted by Crippen LogP contribution is 2.30. The molecule has 5 heteroatoms. The largest absolute Gasteiger partial charge is 0.473 e. The van der Waals surface area contributed by atoms with Gasteiger partial charge >= 0.3 is 0 Å². The minimum absolute atomic E-state index is 0.0630. The quantitative estimate of drug-likeness (QED) is 0.867. The molecular formula is C15H25N3O2. The van der Waals surface area contributed by atoms with Crippen LogP contribution in [-0.4, -0.2) is 30.8 Å².